The standard InChI is InChI=1S/C11H24NO4P/c1-5-15-17(13,16-6-2)12-10(3)8-7-9-11(12)14-4/h10-11H,5-9H2,1-4H3. The summed E-state index contributed by atoms with van der Waals surface area (Å²) in [5.74, 6) is 0. The Hall–Kier alpha value is 0.0700. The molecule has 102 valence electrons. The molecule has 0 spiro atoms. The second-order valence-corrected chi connectivity index (χ2v) is 6.07. The maximum atomic E-state index is 12.7. The maximum absolute atomic E-state index is 12.7. The van der Waals surface area contributed by atoms with Crippen molar-refractivity contribution in [3.05, 3.63) is 0 Å². The van der Waals surface area contributed by atoms with Crippen molar-refractivity contribution < 1.29 is 18.3 Å². The summed E-state index contributed by atoms with van der Waals surface area (Å²) in [6, 6.07) is 0.151. The lowest BCUT2D eigenvalue weighted by Crippen LogP contribution is -2.44. The van der Waals surface area contributed by atoms with E-state index in [-0.39, 0.29) is 12.3 Å². The van der Waals surface area contributed by atoms with E-state index < -0.39 is 7.75 Å². The molecule has 0 aliphatic carbocycles. The Bertz CT molecular complexity index is 264. The molecule has 0 radical (unpaired) electrons. The fourth-order valence-corrected chi connectivity index (χ4v) is 4.38. The van der Waals surface area contributed by atoms with Gasteiger partial charge in [0.2, 0.25) is 0 Å². The summed E-state index contributed by atoms with van der Waals surface area (Å²) in [7, 11) is -1.58. The highest BCUT2D eigenvalue weighted by molar-refractivity contribution is 7.51. The molecule has 6 heteroatoms. The fourth-order valence-electron chi connectivity index (χ4n) is 2.26. The summed E-state index contributed by atoms with van der Waals surface area (Å²) in [6.45, 7) is 6.42. The first-order valence-corrected chi connectivity index (χ1v) is 7.79. The van der Waals surface area contributed by atoms with Crippen LogP contribution in [0.3, 0.4) is 0 Å². The van der Waals surface area contributed by atoms with Crippen molar-refractivity contribution in [2.24, 2.45) is 0 Å². The Balaban J connectivity index is 2.91. The largest absolute Gasteiger partial charge is 0.410 e. The quantitative estimate of drug-likeness (QED) is 0.691. The summed E-state index contributed by atoms with van der Waals surface area (Å²) in [6.07, 6.45) is 2.76. The van der Waals surface area contributed by atoms with Gasteiger partial charge in [0, 0.05) is 13.2 Å². The first-order chi connectivity index (χ1) is 8.09. The minimum absolute atomic E-state index is 0.151. The van der Waals surface area contributed by atoms with Crippen LogP contribution in [0.2, 0.25) is 0 Å². The average Bonchev–Trinajstić information content (AvgIpc) is 2.29. The fraction of sp³-hybridized carbons (Fsp3) is 1.00. The Labute approximate surface area is 104 Å². The first-order valence-electron chi connectivity index (χ1n) is 6.29. The van der Waals surface area contributed by atoms with Crippen molar-refractivity contribution in [1.29, 1.82) is 0 Å². The molecule has 1 aliphatic heterocycles. The van der Waals surface area contributed by atoms with E-state index in [9.17, 15) is 4.57 Å². The SMILES string of the molecule is CCOP(=O)(OCC)N1C(C)CCCC1OC. The van der Waals surface area contributed by atoms with E-state index in [1.807, 2.05) is 20.8 Å². The minimum Gasteiger partial charge on any atom is -0.366 e. The molecule has 0 saturated carbocycles. The van der Waals surface area contributed by atoms with Gasteiger partial charge in [0.1, 0.15) is 6.23 Å². The molecule has 0 N–H and O–H groups in total. The Morgan fingerprint density at radius 1 is 1.24 bits per heavy atom. The molecule has 0 aromatic rings. The normalized spacial score (nSPS) is 27.3. The molecule has 1 saturated heterocycles. The number of ether oxygens (including phenoxy) is 1. The van der Waals surface area contributed by atoms with E-state index >= 15 is 0 Å². The van der Waals surface area contributed by atoms with Crippen molar-refractivity contribution in [1.82, 2.24) is 4.67 Å². The van der Waals surface area contributed by atoms with Gasteiger partial charge in [-0.1, -0.05) is 0 Å². The second-order valence-electron chi connectivity index (χ2n) is 4.15. The van der Waals surface area contributed by atoms with Crippen molar-refractivity contribution in [3.8, 4) is 0 Å². The number of nitrogens with zero attached hydrogens (tertiary/aromatic N) is 1. The molecular formula is C11H24NO4P. The third-order valence-corrected chi connectivity index (χ3v) is 5.35. The molecule has 1 fully saturated rings. The summed E-state index contributed by atoms with van der Waals surface area (Å²) >= 11 is 0. The van der Waals surface area contributed by atoms with E-state index in [2.05, 4.69) is 0 Å². The van der Waals surface area contributed by atoms with Crippen molar-refractivity contribution in [2.75, 3.05) is 20.3 Å². The van der Waals surface area contributed by atoms with Crippen LogP contribution in [0.15, 0.2) is 0 Å². The van der Waals surface area contributed by atoms with Gasteiger partial charge in [0.05, 0.1) is 13.2 Å². The highest BCUT2D eigenvalue weighted by Gasteiger charge is 2.43. The van der Waals surface area contributed by atoms with Crippen LogP contribution in [0.25, 0.3) is 0 Å². The number of hydrogen-bond donors (Lipinski definition) is 0. The Kier molecular flexibility index (Phi) is 6.10. The van der Waals surface area contributed by atoms with E-state index in [0.29, 0.717) is 13.2 Å². The van der Waals surface area contributed by atoms with Crippen LogP contribution in [-0.4, -0.2) is 37.3 Å². The van der Waals surface area contributed by atoms with E-state index in [4.69, 9.17) is 13.8 Å². The molecule has 0 aromatic heterocycles. The van der Waals surface area contributed by atoms with E-state index in [1.165, 1.54) is 0 Å². The van der Waals surface area contributed by atoms with Crippen molar-refractivity contribution in [3.63, 3.8) is 0 Å². The molecular weight excluding hydrogens is 241 g/mol. The maximum Gasteiger partial charge on any atom is 0.410 e. The summed E-state index contributed by atoms with van der Waals surface area (Å²) in [4.78, 5) is 0. The van der Waals surface area contributed by atoms with Crippen molar-refractivity contribution >= 4 is 7.75 Å². The van der Waals surface area contributed by atoms with Gasteiger partial charge >= 0.3 is 7.75 Å². The Morgan fingerprint density at radius 3 is 2.29 bits per heavy atom. The van der Waals surface area contributed by atoms with Gasteiger partial charge in [-0.3, -0.25) is 9.05 Å². The molecule has 5 nitrogen and oxygen atoms in total. The van der Waals surface area contributed by atoms with Gasteiger partial charge in [-0.15, -0.1) is 0 Å². The predicted molar refractivity (Wildman–Crippen MR) is 66.8 cm³/mol. The third-order valence-electron chi connectivity index (χ3n) is 2.96. The van der Waals surface area contributed by atoms with Crippen LogP contribution in [0.4, 0.5) is 0 Å². The van der Waals surface area contributed by atoms with Crippen LogP contribution in [0.5, 0.6) is 0 Å². The monoisotopic (exact) mass is 265 g/mol. The second kappa shape index (κ2) is 6.86. The lowest BCUT2D eigenvalue weighted by molar-refractivity contribution is -0.0479. The van der Waals surface area contributed by atoms with E-state index in [0.717, 1.165) is 19.3 Å². The van der Waals surface area contributed by atoms with E-state index in [1.54, 1.807) is 11.8 Å². The predicted octanol–water partition coefficient (Wildman–Crippen LogP) is 3.01. The lowest BCUT2D eigenvalue weighted by atomic mass is 10.1. The summed E-state index contributed by atoms with van der Waals surface area (Å²) < 4.78 is 30.7. The van der Waals surface area contributed by atoms with Gasteiger partial charge in [-0.2, -0.15) is 4.67 Å². The van der Waals surface area contributed by atoms with Crippen LogP contribution in [0, 0.1) is 0 Å². The molecule has 2 atom stereocenters. The molecule has 1 rings (SSSR count). The Morgan fingerprint density at radius 2 is 1.82 bits per heavy atom. The van der Waals surface area contributed by atoms with Crippen LogP contribution < -0.4 is 0 Å². The highest BCUT2D eigenvalue weighted by Crippen LogP contribution is 2.56. The third kappa shape index (κ3) is 3.52. The molecule has 0 amide bonds. The number of hydrogen-bond acceptors (Lipinski definition) is 4. The van der Waals surface area contributed by atoms with Gasteiger partial charge in [0.25, 0.3) is 0 Å². The number of rotatable bonds is 6. The van der Waals surface area contributed by atoms with Crippen molar-refractivity contribution in [2.45, 2.75) is 52.3 Å². The van der Waals surface area contributed by atoms with Crippen LogP contribution in [-0.2, 0) is 18.3 Å². The zero-order valence-corrected chi connectivity index (χ0v) is 12.1. The first kappa shape index (κ1) is 15.1. The molecule has 1 aliphatic rings. The van der Waals surface area contributed by atoms with Crippen LogP contribution in [0.1, 0.15) is 40.0 Å². The molecule has 0 aromatic carbocycles. The topological polar surface area (TPSA) is 48.0 Å². The summed E-state index contributed by atoms with van der Waals surface area (Å²) in [5.41, 5.74) is 0. The molecule has 2 unspecified atom stereocenters. The number of piperidine rings is 1. The van der Waals surface area contributed by atoms with Gasteiger partial charge in [-0.25, -0.2) is 4.57 Å². The average molecular weight is 265 g/mol. The minimum atomic E-state index is -3.22. The number of methoxy groups -OCH3 is 1. The lowest BCUT2D eigenvalue weighted by Gasteiger charge is -2.42. The van der Waals surface area contributed by atoms with Gasteiger partial charge < -0.3 is 4.74 Å². The zero-order valence-electron chi connectivity index (χ0n) is 11.2. The van der Waals surface area contributed by atoms with Crippen LogP contribution >= 0.6 is 7.75 Å². The zero-order chi connectivity index (χ0) is 12.9. The molecule has 1 heterocycles. The van der Waals surface area contributed by atoms with Gasteiger partial charge in [-0.05, 0) is 40.0 Å². The highest BCUT2D eigenvalue weighted by atomic mass is 31.2. The molecule has 17 heavy (non-hydrogen) atoms. The van der Waals surface area contributed by atoms with Gasteiger partial charge in [0.15, 0.2) is 0 Å². The summed E-state index contributed by atoms with van der Waals surface area (Å²) in [5, 5.41) is 0. The smallest absolute Gasteiger partial charge is 0.366 e. The molecule has 0 bridgehead atoms.